The second kappa shape index (κ2) is 7.28. The molecular formula is C18H23FN4O2S. The van der Waals surface area contributed by atoms with Crippen LogP contribution >= 0.6 is 11.3 Å². The molecule has 3 heterocycles. The van der Waals surface area contributed by atoms with Gasteiger partial charge in [0.1, 0.15) is 11.4 Å². The number of anilines is 1. The molecule has 1 aliphatic rings. The van der Waals surface area contributed by atoms with Gasteiger partial charge in [0.15, 0.2) is 5.13 Å². The molecule has 1 aliphatic heterocycles. The average molecular weight is 378 g/mol. The first-order valence-electron chi connectivity index (χ1n) is 8.53. The molecule has 8 heteroatoms. The van der Waals surface area contributed by atoms with E-state index in [2.05, 4.69) is 34.0 Å². The lowest BCUT2D eigenvalue weighted by atomic mass is 10.0. The van der Waals surface area contributed by atoms with Crippen LogP contribution in [0, 0.1) is 12.9 Å². The number of amides is 1. The number of aryl methyl sites for hydroxylation is 1. The molecule has 2 aromatic heterocycles. The van der Waals surface area contributed by atoms with Crippen molar-refractivity contribution in [1.29, 1.82) is 0 Å². The number of rotatable bonds is 5. The van der Waals surface area contributed by atoms with Gasteiger partial charge in [0.25, 0.3) is 0 Å². The van der Waals surface area contributed by atoms with E-state index < -0.39 is 5.95 Å². The van der Waals surface area contributed by atoms with Crippen LogP contribution in [-0.2, 0) is 11.3 Å². The van der Waals surface area contributed by atoms with Crippen molar-refractivity contribution >= 4 is 22.4 Å². The number of thiazole rings is 1. The first kappa shape index (κ1) is 18.7. The molecular weight excluding hydrogens is 355 g/mol. The number of aromatic nitrogens is 2. The first-order chi connectivity index (χ1) is 12.3. The van der Waals surface area contributed by atoms with Crippen molar-refractivity contribution in [1.82, 2.24) is 14.9 Å². The Labute approximate surface area is 156 Å². The monoisotopic (exact) mass is 378 g/mol. The highest BCUT2D eigenvalue weighted by molar-refractivity contribution is 7.15. The van der Waals surface area contributed by atoms with Crippen LogP contribution in [0.3, 0.4) is 0 Å². The van der Waals surface area contributed by atoms with E-state index in [9.17, 15) is 9.18 Å². The van der Waals surface area contributed by atoms with Gasteiger partial charge in [-0.2, -0.15) is 9.37 Å². The Hall–Kier alpha value is -2.06. The molecule has 3 rings (SSSR count). The standard InChI is InChI=1S/C18H23FN4O2S/c1-11-8-18(4,25-14-6-5-7-20-12(14)2)10-23(11)9-15-16(19)22-17(26-15)21-13(3)24/h5-7,11H,8-10H2,1-4H3,(H,21,22,24). The predicted molar refractivity (Wildman–Crippen MR) is 98.9 cm³/mol. The Morgan fingerprint density at radius 1 is 1.58 bits per heavy atom. The molecule has 6 nitrogen and oxygen atoms in total. The summed E-state index contributed by atoms with van der Waals surface area (Å²) in [4.78, 5) is 21.9. The average Bonchev–Trinajstić information content (AvgIpc) is 3.01. The fourth-order valence-electron chi connectivity index (χ4n) is 3.35. The summed E-state index contributed by atoms with van der Waals surface area (Å²) >= 11 is 1.17. The van der Waals surface area contributed by atoms with Gasteiger partial charge in [-0.25, -0.2) is 0 Å². The van der Waals surface area contributed by atoms with Crippen LogP contribution in [0.15, 0.2) is 18.3 Å². The summed E-state index contributed by atoms with van der Waals surface area (Å²) in [5.74, 6) is -0.00260. The van der Waals surface area contributed by atoms with Gasteiger partial charge in [-0.3, -0.25) is 14.7 Å². The maximum Gasteiger partial charge on any atom is 0.230 e. The third-order valence-corrected chi connectivity index (χ3v) is 5.41. The van der Waals surface area contributed by atoms with Crippen molar-refractivity contribution in [2.24, 2.45) is 0 Å². The molecule has 0 aliphatic carbocycles. The number of ether oxygens (including phenoxy) is 1. The molecule has 1 saturated heterocycles. The van der Waals surface area contributed by atoms with Gasteiger partial charge < -0.3 is 10.1 Å². The Balaban J connectivity index is 1.70. The predicted octanol–water partition coefficient (Wildman–Crippen LogP) is 3.38. The van der Waals surface area contributed by atoms with E-state index in [1.165, 1.54) is 18.3 Å². The molecule has 0 aromatic carbocycles. The van der Waals surface area contributed by atoms with Crippen LogP contribution in [0.4, 0.5) is 9.52 Å². The highest BCUT2D eigenvalue weighted by Crippen LogP contribution is 2.34. The zero-order valence-corrected chi connectivity index (χ0v) is 16.2. The fourth-order valence-corrected chi connectivity index (χ4v) is 4.27. The fraction of sp³-hybridized carbons (Fsp3) is 0.500. The largest absolute Gasteiger partial charge is 0.484 e. The maximum atomic E-state index is 14.1. The number of nitrogens with one attached hydrogen (secondary N) is 1. The highest BCUT2D eigenvalue weighted by atomic mass is 32.1. The lowest BCUT2D eigenvalue weighted by molar-refractivity contribution is -0.114. The Kier molecular flexibility index (Phi) is 5.24. The van der Waals surface area contributed by atoms with Gasteiger partial charge >= 0.3 is 0 Å². The smallest absolute Gasteiger partial charge is 0.230 e. The summed E-state index contributed by atoms with van der Waals surface area (Å²) in [7, 11) is 0. The van der Waals surface area contributed by atoms with Crippen molar-refractivity contribution in [3.8, 4) is 5.75 Å². The second-order valence-electron chi connectivity index (χ2n) is 7.01. The summed E-state index contributed by atoms with van der Waals surface area (Å²) in [6, 6.07) is 4.02. The Bertz CT molecular complexity index is 812. The number of nitrogens with zero attached hydrogens (tertiary/aromatic N) is 3. The van der Waals surface area contributed by atoms with Crippen molar-refractivity contribution < 1.29 is 13.9 Å². The number of hydrogen-bond acceptors (Lipinski definition) is 6. The Morgan fingerprint density at radius 3 is 3.04 bits per heavy atom. The van der Waals surface area contributed by atoms with Gasteiger partial charge in [-0.05, 0) is 32.9 Å². The number of pyridine rings is 1. The van der Waals surface area contributed by atoms with Gasteiger partial charge in [-0.1, -0.05) is 11.3 Å². The number of halogens is 1. The van der Waals surface area contributed by atoms with E-state index in [0.29, 0.717) is 23.1 Å². The summed E-state index contributed by atoms with van der Waals surface area (Å²) < 4.78 is 20.4. The third-order valence-electron chi connectivity index (χ3n) is 4.48. The number of carbonyl (C=O) groups excluding carboxylic acids is 1. The Morgan fingerprint density at radius 2 is 2.35 bits per heavy atom. The van der Waals surface area contributed by atoms with E-state index in [1.807, 2.05) is 19.1 Å². The molecule has 0 saturated carbocycles. The van der Waals surface area contributed by atoms with E-state index in [-0.39, 0.29) is 17.6 Å². The quantitative estimate of drug-likeness (QED) is 0.864. The number of likely N-dealkylation sites (tertiary alicyclic amines) is 1. The molecule has 1 fully saturated rings. The van der Waals surface area contributed by atoms with Crippen LogP contribution in [0.2, 0.25) is 0 Å². The van der Waals surface area contributed by atoms with E-state index >= 15 is 0 Å². The van der Waals surface area contributed by atoms with Crippen LogP contribution in [0.5, 0.6) is 5.75 Å². The molecule has 0 spiro atoms. The van der Waals surface area contributed by atoms with E-state index in [4.69, 9.17) is 4.74 Å². The maximum absolute atomic E-state index is 14.1. The van der Waals surface area contributed by atoms with Crippen LogP contribution in [0.1, 0.15) is 37.8 Å². The van der Waals surface area contributed by atoms with Gasteiger partial charge in [0, 0.05) is 38.7 Å². The minimum Gasteiger partial charge on any atom is -0.484 e. The van der Waals surface area contributed by atoms with Crippen molar-refractivity contribution in [3.63, 3.8) is 0 Å². The lowest BCUT2D eigenvalue weighted by Gasteiger charge is -2.27. The van der Waals surface area contributed by atoms with Crippen LogP contribution in [0.25, 0.3) is 0 Å². The minimum absolute atomic E-state index is 0.239. The first-order valence-corrected chi connectivity index (χ1v) is 9.35. The molecule has 0 radical (unpaired) electrons. The van der Waals surface area contributed by atoms with Crippen molar-refractivity contribution in [3.05, 3.63) is 34.8 Å². The molecule has 0 bridgehead atoms. The van der Waals surface area contributed by atoms with Gasteiger partial charge in [0.05, 0.1) is 10.6 Å². The molecule has 2 unspecified atom stereocenters. The van der Waals surface area contributed by atoms with E-state index in [0.717, 1.165) is 17.9 Å². The lowest BCUT2D eigenvalue weighted by Crippen LogP contribution is -2.36. The normalized spacial score (nSPS) is 23.2. The van der Waals surface area contributed by atoms with Crippen LogP contribution in [-0.4, -0.2) is 39.0 Å². The van der Waals surface area contributed by atoms with Gasteiger partial charge in [0.2, 0.25) is 11.9 Å². The van der Waals surface area contributed by atoms with Crippen LogP contribution < -0.4 is 10.1 Å². The molecule has 1 amide bonds. The zero-order chi connectivity index (χ0) is 18.9. The molecule has 140 valence electrons. The SMILES string of the molecule is CC(=O)Nc1nc(F)c(CN2CC(C)(Oc3cccnc3C)CC2C)s1. The second-order valence-corrected chi connectivity index (χ2v) is 8.09. The minimum atomic E-state index is -0.524. The third kappa shape index (κ3) is 4.19. The number of carbonyl (C=O) groups is 1. The molecule has 26 heavy (non-hydrogen) atoms. The summed E-state index contributed by atoms with van der Waals surface area (Å²) in [5, 5.41) is 2.83. The molecule has 2 aromatic rings. The topological polar surface area (TPSA) is 67.4 Å². The van der Waals surface area contributed by atoms with Crippen molar-refractivity contribution in [2.75, 3.05) is 11.9 Å². The molecule has 1 N–H and O–H groups in total. The molecule has 2 atom stereocenters. The number of hydrogen-bond donors (Lipinski definition) is 1. The summed E-state index contributed by atoms with van der Waals surface area (Å²) in [5.41, 5.74) is 0.489. The zero-order valence-electron chi connectivity index (χ0n) is 15.4. The highest BCUT2D eigenvalue weighted by Gasteiger charge is 2.41. The van der Waals surface area contributed by atoms with Crippen molar-refractivity contribution in [2.45, 2.75) is 52.3 Å². The summed E-state index contributed by atoms with van der Waals surface area (Å²) in [6.45, 7) is 8.60. The summed E-state index contributed by atoms with van der Waals surface area (Å²) in [6.07, 6.45) is 2.58. The van der Waals surface area contributed by atoms with Gasteiger partial charge in [-0.15, -0.1) is 0 Å². The van der Waals surface area contributed by atoms with E-state index in [1.54, 1.807) is 6.20 Å².